The maximum Gasteiger partial charge on any atom is 0.319 e. The van der Waals surface area contributed by atoms with Gasteiger partial charge in [0, 0.05) is 51.1 Å². The monoisotopic (exact) mass is 733 g/mol. The zero-order valence-corrected chi connectivity index (χ0v) is 30.0. The highest BCUT2D eigenvalue weighted by Gasteiger charge is 2.49. The van der Waals surface area contributed by atoms with Crippen LogP contribution in [-0.4, -0.2) is 92.6 Å². The summed E-state index contributed by atoms with van der Waals surface area (Å²) in [5.74, 6) is -1.11. The van der Waals surface area contributed by atoms with Crippen molar-refractivity contribution in [1.82, 2.24) is 29.5 Å². The van der Waals surface area contributed by atoms with Crippen LogP contribution in [0.3, 0.4) is 0 Å². The van der Waals surface area contributed by atoms with Crippen LogP contribution in [0.2, 0.25) is 5.02 Å². The minimum atomic E-state index is -0.956. The van der Waals surface area contributed by atoms with Crippen molar-refractivity contribution in [3.05, 3.63) is 70.0 Å². The molecule has 10 nitrogen and oxygen atoms in total. The molecular formula is C38H39ClF3N7O3. The van der Waals surface area contributed by atoms with Crippen LogP contribution in [0.1, 0.15) is 54.4 Å². The van der Waals surface area contributed by atoms with Crippen molar-refractivity contribution >= 4 is 45.0 Å². The SMILES string of the molecule is CCc1c(F)ccc2cc(O)cc(-c3ccc4c(N5CCCn6nc(C(=O)N(C)C)c(Cl)c6C5)nc(OC[C@@]56CCCN5C[C@H](F)C6)nc4c3F)c12. The lowest BCUT2D eigenvalue weighted by atomic mass is 9.92. The van der Waals surface area contributed by atoms with Crippen LogP contribution >= 0.6 is 11.6 Å². The number of carbonyl (C=O) groups is 1. The Bertz CT molecular complexity index is 2250. The summed E-state index contributed by atoms with van der Waals surface area (Å²) in [5.41, 5.74) is 1.13. The molecule has 0 radical (unpaired) electrons. The van der Waals surface area contributed by atoms with Crippen LogP contribution in [0.25, 0.3) is 32.8 Å². The topological polar surface area (TPSA) is 99.9 Å². The van der Waals surface area contributed by atoms with Gasteiger partial charge in [-0.25, -0.2) is 13.2 Å². The second-order valence-corrected chi connectivity index (χ2v) is 14.7. The molecule has 0 saturated carbocycles. The first kappa shape index (κ1) is 34.5. The van der Waals surface area contributed by atoms with E-state index in [1.165, 1.54) is 23.1 Å². The summed E-state index contributed by atoms with van der Waals surface area (Å²) < 4.78 is 54.9. The van der Waals surface area contributed by atoms with Gasteiger partial charge in [-0.3, -0.25) is 14.4 Å². The number of ether oxygens (including phenoxy) is 1. The number of phenols is 1. The number of aryl methyl sites for hydroxylation is 2. The third-order valence-electron chi connectivity index (χ3n) is 10.8. The standard InChI is InChI=1S/C38H39ClF3N7O3/c1-4-24-28(41)10-7-21-15-23(50)16-27(30(21)24)25-8-9-26-33(32(25)42)43-37(52-20-38-11-5-13-48(38)18-22(40)17-38)44-35(26)47-12-6-14-49-29(19-47)31(39)34(45-49)36(51)46(2)3/h7-10,15-16,22,50H,4-6,11-14,17-20H2,1-3H3/t22-,38+/m1/s1. The molecule has 5 heterocycles. The predicted octanol–water partition coefficient (Wildman–Crippen LogP) is 6.91. The van der Waals surface area contributed by atoms with Gasteiger partial charge in [-0.15, -0.1) is 0 Å². The van der Waals surface area contributed by atoms with Gasteiger partial charge in [-0.05, 0) is 78.4 Å². The average Bonchev–Trinajstić information content (AvgIpc) is 3.69. The number of benzene rings is 3. The number of aromatic hydroxyl groups is 1. The van der Waals surface area contributed by atoms with Gasteiger partial charge in [-0.1, -0.05) is 30.7 Å². The number of hydrogen-bond acceptors (Lipinski definition) is 8. The van der Waals surface area contributed by atoms with Crippen LogP contribution in [0, 0.1) is 11.6 Å². The van der Waals surface area contributed by atoms with Gasteiger partial charge in [0.2, 0.25) is 0 Å². The number of nitrogens with zero attached hydrogens (tertiary/aromatic N) is 7. The zero-order valence-electron chi connectivity index (χ0n) is 29.2. The number of halogens is 4. The molecule has 3 aliphatic heterocycles. The number of amides is 1. The van der Waals surface area contributed by atoms with Crippen molar-refractivity contribution in [2.75, 3.05) is 45.2 Å². The molecule has 0 bridgehead atoms. The zero-order chi connectivity index (χ0) is 36.5. The first-order valence-electron chi connectivity index (χ1n) is 17.7. The molecule has 2 saturated heterocycles. The second kappa shape index (κ2) is 13.1. The van der Waals surface area contributed by atoms with Crippen molar-refractivity contribution in [2.45, 2.75) is 63.8 Å². The average molecular weight is 734 g/mol. The van der Waals surface area contributed by atoms with Gasteiger partial charge in [0.1, 0.15) is 35.7 Å². The molecule has 0 aliphatic carbocycles. The number of phenolic OH excluding ortho intramolecular Hbond substituents is 1. The molecular weight excluding hydrogens is 695 g/mol. The van der Waals surface area contributed by atoms with Crippen LogP contribution in [0.5, 0.6) is 11.8 Å². The number of fused-ring (bicyclic) bond motifs is 4. The molecule has 2 aromatic heterocycles. The van der Waals surface area contributed by atoms with Gasteiger partial charge in [0.05, 0.1) is 22.8 Å². The number of carbonyl (C=O) groups excluding carboxylic acids is 1. The Kier molecular flexibility index (Phi) is 8.68. The van der Waals surface area contributed by atoms with Gasteiger partial charge in [0.15, 0.2) is 11.5 Å². The number of aromatic nitrogens is 4. The van der Waals surface area contributed by atoms with E-state index in [2.05, 4.69) is 15.0 Å². The molecule has 1 amide bonds. The molecule has 8 rings (SSSR count). The molecule has 272 valence electrons. The Morgan fingerprint density at radius 3 is 2.71 bits per heavy atom. The number of alkyl halides is 1. The molecule has 0 spiro atoms. The van der Waals surface area contributed by atoms with E-state index >= 15 is 8.78 Å². The number of anilines is 1. The second-order valence-electron chi connectivity index (χ2n) is 14.3. The normalized spacial score (nSPS) is 20.4. The molecule has 5 aromatic rings. The molecule has 14 heteroatoms. The fourth-order valence-electron chi connectivity index (χ4n) is 8.36. The third kappa shape index (κ3) is 5.69. The number of rotatable bonds is 7. The Hall–Kier alpha value is -4.62. The van der Waals surface area contributed by atoms with E-state index in [9.17, 15) is 14.3 Å². The van der Waals surface area contributed by atoms with Crippen molar-refractivity contribution in [1.29, 1.82) is 0 Å². The first-order chi connectivity index (χ1) is 25.0. The third-order valence-corrected chi connectivity index (χ3v) is 11.2. The maximum atomic E-state index is 17.2. The molecule has 0 unspecified atom stereocenters. The molecule has 3 aromatic carbocycles. The highest BCUT2D eigenvalue weighted by molar-refractivity contribution is 6.34. The smallest absolute Gasteiger partial charge is 0.319 e. The predicted molar refractivity (Wildman–Crippen MR) is 193 cm³/mol. The summed E-state index contributed by atoms with van der Waals surface area (Å²) in [6, 6.07) is 9.16. The first-order valence-corrected chi connectivity index (χ1v) is 18.0. The van der Waals surface area contributed by atoms with Crippen LogP contribution in [0.15, 0.2) is 36.4 Å². The van der Waals surface area contributed by atoms with E-state index in [0.29, 0.717) is 77.7 Å². The van der Waals surface area contributed by atoms with E-state index in [4.69, 9.17) is 21.3 Å². The minimum Gasteiger partial charge on any atom is -0.508 e. The van der Waals surface area contributed by atoms with Crippen LogP contribution < -0.4 is 9.64 Å². The maximum absolute atomic E-state index is 17.2. The summed E-state index contributed by atoms with van der Waals surface area (Å²) in [6.45, 7) is 4.33. The Labute approximate surface area is 303 Å². The van der Waals surface area contributed by atoms with Crippen LogP contribution in [-0.2, 0) is 19.5 Å². The van der Waals surface area contributed by atoms with Gasteiger partial charge in [0.25, 0.3) is 5.91 Å². The summed E-state index contributed by atoms with van der Waals surface area (Å²) in [5, 5.41) is 16.9. The molecule has 2 atom stereocenters. The fourth-order valence-corrected chi connectivity index (χ4v) is 8.63. The quantitative estimate of drug-likeness (QED) is 0.193. The summed E-state index contributed by atoms with van der Waals surface area (Å²) >= 11 is 6.79. The van der Waals surface area contributed by atoms with E-state index < -0.39 is 23.3 Å². The highest BCUT2D eigenvalue weighted by atomic mass is 35.5. The minimum absolute atomic E-state index is 0.0219. The Morgan fingerprint density at radius 2 is 1.92 bits per heavy atom. The fraction of sp³-hybridized carbons (Fsp3) is 0.421. The van der Waals surface area contributed by atoms with Crippen molar-refractivity contribution in [3.8, 4) is 22.9 Å². The van der Waals surface area contributed by atoms with E-state index in [0.717, 1.165) is 19.4 Å². The van der Waals surface area contributed by atoms with Crippen molar-refractivity contribution < 1.29 is 27.8 Å². The summed E-state index contributed by atoms with van der Waals surface area (Å²) in [6.07, 6.45) is 2.07. The summed E-state index contributed by atoms with van der Waals surface area (Å²) in [4.78, 5) is 27.9. The van der Waals surface area contributed by atoms with Gasteiger partial charge < -0.3 is 19.6 Å². The lowest BCUT2D eigenvalue weighted by molar-refractivity contribution is 0.0821. The highest BCUT2D eigenvalue weighted by Crippen LogP contribution is 2.43. The molecule has 2 fully saturated rings. The lowest BCUT2D eigenvalue weighted by Crippen LogP contribution is -2.43. The van der Waals surface area contributed by atoms with Gasteiger partial charge in [-0.2, -0.15) is 15.1 Å². The van der Waals surface area contributed by atoms with E-state index in [-0.39, 0.29) is 52.6 Å². The van der Waals surface area contributed by atoms with Crippen molar-refractivity contribution in [2.24, 2.45) is 0 Å². The molecule has 1 N–H and O–H groups in total. The van der Waals surface area contributed by atoms with Crippen molar-refractivity contribution in [3.63, 3.8) is 0 Å². The molecule has 3 aliphatic rings. The lowest BCUT2D eigenvalue weighted by Gasteiger charge is -2.31. The molecule has 52 heavy (non-hydrogen) atoms. The number of hydrogen-bond donors (Lipinski definition) is 1. The Balaban J connectivity index is 1.28. The van der Waals surface area contributed by atoms with E-state index in [1.54, 1.807) is 37.0 Å². The largest absolute Gasteiger partial charge is 0.508 e. The van der Waals surface area contributed by atoms with E-state index in [1.807, 2.05) is 11.8 Å². The summed E-state index contributed by atoms with van der Waals surface area (Å²) in [7, 11) is 3.27. The van der Waals surface area contributed by atoms with Crippen LogP contribution in [0.4, 0.5) is 19.0 Å². The Morgan fingerprint density at radius 1 is 1.10 bits per heavy atom. The van der Waals surface area contributed by atoms with Gasteiger partial charge >= 0.3 is 6.01 Å².